The van der Waals surface area contributed by atoms with E-state index in [-0.39, 0.29) is 6.04 Å². The third-order valence-corrected chi connectivity index (χ3v) is 6.60. The first-order chi connectivity index (χ1) is 16.6. The van der Waals surface area contributed by atoms with Gasteiger partial charge < -0.3 is 13.9 Å². The number of nitrogens with zero attached hydrogens (tertiary/aromatic N) is 3. The molecule has 1 aliphatic heterocycles. The largest absolute Gasteiger partial charge is 0.493 e. The summed E-state index contributed by atoms with van der Waals surface area (Å²) in [7, 11) is 3.34. The minimum absolute atomic E-state index is 0.0196. The molecule has 1 atom stereocenters. The SMILES string of the molecule is COc1cc2c(cc1OC)[C@@H](c1ccccc1)N(Cn1nc(-c3ccc(C)cc3)oc1=S)CC2. The van der Waals surface area contributed by atoms with Crippen LogP contribution in [-0.2, 0) is 13.1 Å². The molecule has 0 radical (unpaired) electrons. The summed E-state index contributed by atoms with van der Waals surface area (Å²) < 4.78 is 18.8. The highest BCUT2D eigenvalue weighted by Gasteiger charge is 2.31. The molecule has 2 heterocycles. The Labute approximate surface area is 204 Å². The molecular weight excluding hydrogens is 446 g/mol. The van der Waals surface area contributed by atoms with Crippen LogP contribution in [0.15, 0.2) is 71.1 Å². The third kappa shape index (κ3) is 4.24. The Morgan fingerprint density at radius 2 is 1.71 bits per heavy atom. The second kappa shape index (κ2) is 9.44. The fourth-order valence-electron chi connectivity index (χ4n) is 4.56. The summed E-state index contributed by atoms with van der Waals surface area (Å²) in [6.45, 7) is 3.42. The van der Waals surface area contributed by atoms with E-state index in [9.17, 15) is 0 Å². The van der Waals surface area contributed by atoms with Crippen molar-refractivity contribution in [1.29, 1.82) is 0 Å². The van der Waals surface area contributed by atoms with Gasteiger partial charge in [-0.2, -0.15) is 0 Å². The van der Waals surface area contributed by atoms with Gasteiger partial charge in [-0.3, -0.25) is 4.90 Å². The molecule has 174 valence electrons. The molecule has 0 bridgehead atoms. The zero-order valence-corrected chi connectivity index (χ0v) is 20.3. The summed E-state index contributed by atoms with van der Waals surface area (Å²) in [5.74, 6) is 2.01. The molecule has 0 spiro atoms. The number of benzene rings is 3. The van der Waals surface area contributed by atoms with Crippen LogP contribution >= 0.6 is 12.2 Å². The number of hydrogen-bond acceptors (Lipinski definition) is 6. The van der Waals surface area contributed by atoms with Crippen molar-refractivity contribution in [2.75, 3.05) is 20.8 Å². The number of aromatic nitrogens is 2. The lowest BCUT2D eigenvalue weighted by molar-refractivity contribution is 0.153. The smallest absolute Gasteiger partial charge is 0.288 e. The summed E-state index contributed by atoms with van der Waals surface area (Å²) >= 11 is 5.54. The van der Waals surface area contributed by atoms with Crippen molar-refractivity contribution in [2.45, 2.75) is 26.1 Å². The summed E-state index contributed by atoms with van der Waals surface area (Å²) in [6, 6.07) is 22.8. The van der Waals surface area contributed by atoms with Gasteiger partial charge in [0.05, 0.1) is 26.9 Å². The van der Waals surface area contributed by atoms with Crippen LogP contribution < -0.4 is 9.47 Å². The van der Waals surface area contributed by atoms with Gasteiger partial charge in [0.15, 0.2) is 11.5 Å². The Morgan fingerprint density at radius 1 is 1.00 bits per heavy atom. The van der Waals surface area contributed by atoms with Crippen molar-refractivity contribution in [1.82, 2.24) is 14.7 Å². The first-order valence-electron chi connectivity index (χ1n) is 11.3. The van der Waals surface area contributed by atoms with Crippen molar-refractivity contribution < 1.29 is 13.9 Å². The van der Waals surface area contributed by atoms with Crippen molar-refractivity contribution in [3.05, 3.63) is 93.8 Å². The average Bonchev–Trinajstić information content (AvgIpc) is 3.23. The molecule has 7 heteroatoms. The molecular formula is C27H27N3O3S. The summed E-state index contributed by atoms with van der Waals surface area (Å²) in [5.41, 5.74) is 5.75. The predicted octanol–water partition coefficient (Wildman–Crippen LogP) is 5.80. The highest BCUT2D eigenvalue weighted by atomic mass is 32.1. The van der Waals surface area contributed by atoms with Gasteiger partial charge in [-0.05, 0) is 66.5 Å². The molecule has 0 aliphatic carbocycles. The average molecular weight is 474 g/mol. The lowest BCUT2D eigenvalue weighted by Crippen LogP contribution is -2.37. The Bertz CT molecular complexity index is 1350. The summed E-state index contributed by atoms with van der Waals surface area (Å²) in [5, 5.41) is 4.71. The fraction of sp³-hybridized carbons (Fsp3) is 0.259. The third-order valence-electron chi connectivity index (χ3n) is 6.31. The predicted molar refractivity (Wildman–Crippen MR) is 134 cm³/mol. The second-order valence-corrected chi connectivity index (χ2v) is 8.81. The van der Waals surface area contributed by atoms with E-state index in [1.165, 1.54) is 22.3 Å². The van der Waals surface area contributed by atoms with E-state index < -0.39 is 0 Å². The van der Waals surface area contributed by atoms with Crippen molar-refractivity contribution in [3.8, 4) is 23.0 Å². The molecule has 6 nitrogen and oxygen atoms in total. The second-order valence-electron chi connectivity index (χ2n) is 8.46. The van der Waals surface area contributed by atoms with Gasteiger partial charge in [0.1, 0.15) is 0 Å². The first-order valence-corrected chi connectivity index (χ1v) is 11.7. The standard InChI is InChI=1S/C27H27N3O3S/c1-18-9-11-20(12-10-18)26-28-30(27(34)33-26)17-29-14-13-21-15-23(31-2)24(32-3)16-22(21)25(29)19-7-5-4-6-8-19/h4-12,15-16,25H,13-14,17H2,1-3H3/t25-/m1/s1. The van der Waals surface area contributed by atoms with Crippen molar-refractivity contribution in [3.63, 3.8) is 0 Å². The van der Waals surface area contributed by atoms with E-state index in [0.717, 1.165) is 30.0 Å². The minimum atomic E-state index is 0.0196. The van der Waals surface area contributed by atoms with Crippen LogP contribution in [0.4, 0.5) is 0 Å². The maximum atomic E-state index is 5.86. The molecule has 0 fully saturated rings. The molecule has 0 saturated heterocycles. The van der Waals surface area contributed by atoms with Gasteiger partial charge in [-0.25, -0.2) is 4.68 Å². The minimum Gasteiger partial charge on any atom is -0.493 e. The zero-order valence-electron chi connectivity index (χ0n) is 19.5. The van der Waals surface area contributed by atoms with Gasteiger partial charge in [-0.1, -0.05) is 48.0 Å². The normalized spacial score (nSPS) is 15.7. The Hall–Kier alpha value is -3.42. The molecule has 0 amide bonds. The van der Waals surface area contributed by atoms with Gasteiger partial charge >= 0.3 is 0 Å². The zero-order chi connectivity index (χ0) is 23.7. The Kier molecular flexibility index (Phi) is 6.22. The number of rotatable bonds is 6. The van der Waals surface area contributed by atoms with E-state index in [1.807, 2.05) is 30.3 Å². The first kappa shape index (κ1) is 22.4. The molecule has 1 aromatic heterocycles. The molecule has 34 heavy (non-hydrogen) atoms. The number of fused-ring (bicyclic) bond motifs is 1. The number of aryl methyl sites for hydroxylation is 1. The lowest BCUT2D eigenvalue weighted by Gasteiger charge is -2.37. The van der Waals surface area contributed by atoms with Gasteiger partial charge in [0.25, 0.3) is 4.84 Å². The molecule has 0 unspecified atom stereocenters. The maximum Gasteiger partial charge on any atom is 0.288 e. The van der Waals surface area contributed by atoms with Crippen molar-refractivity contribution >= 4 is 12.2 Å². The Balaban J connectivity index is 1.53. The molecule has 1 aliphatic rings. The summed E-state index contributed by atoms with van der Waals surface area (Å²) in [6.07, 6.45) is 0.884. The van der Waals surface area contributed by atoms with E-state index in [4.69, 9.17) is 31.2 Å². The number of ether oxygens (including phenoxy) is 2. The molecule has 3 aromatic carbocycles. The van der Waals surface area contributed by atoms with Crippen LogP contribution in [0.5, 0.6) is 11.5 Å². The molecule has 4 aromatic rings. The maximum absolute atomic E-state index is 5.86. The van der Waals surface area contributed by atoms with Crippen LogP contribution in [-0.4, -0.2) is 35.4 Å². The van der Waals surface area contributed by atoms with Gasteiger partial charge in [0, 0.05) is 12.1 Å². The quantitative estimate of drug-likeness (QED) is 0.330. The molecule has 0 N–H and O–H groups in total. The van der Waals surface area contributed by atoms with E-state index in [1.54, 1.807) is 18.9 Å². The highest BCUT2D eigenvalue weighted by molar-refractivity contribution is 7.71. The topological polar surface area (TPSA) is 52.7 Å². The molecule has 0 saturated carbocycles. The van der Waals surface area contributed by atoms with E-state index >= 15 is 0 Å². The van der Waals surface area contributed by atoms with Crippen LogP contribution in [0.3, 0.4) is 0 Å². The van der Waals surface area contributed by atoms with Gasteiger partial charge in [-0.15, -0.1) is 5.10 Å². The Morgan fingerprint density at radius 3 is 2.41 bits per heavy atom. The molecule has 5 rings (SSSR count). The monoisotopic (exact) mass is 473 g/mol. The summed E-state index contributed by atoms with van der Waals surface area (Å²) in [4.78, 5) is 2.74. The lowest BCUT2D eigenvalue weighted by atomic mass is 9.88. The van der Waals surface area contributed by atoms with Crippen LogP contribution in [0.25, 0.3) is 11.5 Å². The fourth-order valence-corrected chi connectivity index (χ4v) is 4.73. The van der Waals surface area contributed by atoms with E-state index in [0.29, 0.717) is 17.4 Å². The number of hydrogen-bond donors (Lipinski definition) is 0. The highest BCUT2D eigenvalue weighted by Crippen LogP contribution is 2.41. The van der Waals surface area contributed by atoms with Crippen LogP contribution in [0.2, 0.25) is 0 Å². The van der Waals surface area contributed by atoms with Crippen LogP contribution in [0, 0.1) is 11.8 Å². The van der Waals surface area contributed by atoms with Gasteiger partial charge in [0.2, 0.25) is 5.89 Å². The van der Waals surface area contributed by atoms with Crippen LogP contribution in [0.1, 0.15) is 28.3 Å². The number of methoxy groups -OCH3 is 2. The van der Waals surface area contributed by atoms with E-state index in [2.05, 4.69) is 48.2 Å². The van der Waals surface area contributed by atoms with Crippen molar-refractivity contribution in [2.24, 2.45) is 0 Å².